The number of aliphatic hydroxyl groups excluding tert-OH is 1. The van der Waals surface area contributed by atoms with Gasteiger partial charge in [-0.1, -0.05) is 6.08 Å². The van der Waals surface area contributed by atoms with Crippen LogP contribution >= 0.6 is 0 Å². The topological polar surface area (TPSA) is 46.0 Å². The molecule has 0 spiro atoms. The van der Waals surface area contributed by atoms with Crippen molar-refractivity contribution in [2.75, 3.05) is 0 Å². The van der Waals surface area contributed by atoms with Crippen molar-refractivity contribution in [3.8, 4) is 0 Å². The minimum Gasteiger partial charge on any atom is -0.381 e. The van der Waals surface area contributed by atoms with E-state index in [9.17, 15) is 5.11 Å². The van der Waals surface area contributed by atoms with Gasteiger partial charge in [-0.15, -0.1) is 6.58 Å². The molecule has 1 N–H and O–H groups in total. The Labute approximate surface area is 65.4 Å². The zero-order chi connectivity index (χ0) is 8.27. The van der Waals surface area contributed by atoms with E-state index >= 15 is 0 Å². The van der Waals surface area contributed by atoms with E-state index in [4.69, 9.17) is 0 Å². The lowest BCUT2D eigenvalue weighted by Crippen LogP contribution is -1.99. The van der Waals surface area contributed by atoms with Crippen LogP contribution in [0, 0.1) is 6.92 Å². The molecule has 0 saturated carbocycles. The van der Waals surface area contributed by atoms with Crippen molar-refractivity contribution in [1.82, 2.24) is 9.97 Å². The first kappa shape index (κ1) is 7.88. The maximum absolute atomic E-state index is 9.18. The number of aliphatic hydroxyl groups is 1. The highest BCUT2D eigenvalue weighted by molar-refractivity contribution is 5.05. The number of rotatable bonds is 2. The minimum absolute atomic E-state index is 0.394. The van der Waals surface area contributed by atoms with Gasteiger partial charge in [-0.05, 0) is 12.5 Å². The highest BCUT2D eigenvalue weighted by atomic mass is 16.3. The van der Waals surface area contributed by atoms with Gasteiger partial charge >= 0.3 is 0 Å². The first-order chi connectivity index (χ1) is 5.24. The second-order valence-electron chi connectivity index (χ2n) is 2.30. The van der Waals surface area contributed by atoms with Gasteiger partial charge in [-0.3, -0.25) is 0 Å². The van der Waals surface area contributed by atoms with Crippen molar-refractivity contribution in [3.05, 3.63) is 36.4 Å². The third kappa shape index (κ3) is 1.85. The van der Waals surface area contributed by atoms with E-state index in [0.29, 0.717) is 5.82 Å². The Morgan fingerprint density at radius 1 is 1.55 bits per heavy atom. The maximum Gasteiger partial charge on any atom is 0.160 e. The Balaban J connectivity index is 2.89. The molecule has 1 heterocycles. The molecule has 58 valence electrons. The zero-order valence-electron chi connectivity index (χ0n) is 6.36. The molecule has 0 aliphatic carbocycles. The lowest BCUT2D eigenvalue weighted by Gasteiger charge is -2.01. The van der Waals surface area contributed by atoms with Crippen LogP contribution in [-0.4, -0.2) is 15.1 Å². The van der Waals surface area contributed by atoms with Gasteiger partial charge in [-0.2, -0.15) is 0 Å². The van der Waals surface area contributed by atoms with Crippen molar-refractivity contribution < 1.29 is 5.11 Å². The summed E-state index contributed by atoms with van der Waals surface area (Å²) in [4.78, 5) is 7.83. The Morgan fingerprint density at radius 3 is 2.55 bits per heavy atom. The lowest BCUT2D eigenvalue weighted by atomic mass is 10.3. The van der Waals surface area contributed by atoms with Crippen LogP contribution in [-0.2, 0) is 0 Å². The van der Waals surface area contributed by atoms with E-state index in [1.165, 1.54) is 6.08 Å². The molecular formula is C8H10N2O. The maximum atomic E-state index is 9.18. The number of aryl methyl sites for hydroxylation is 1. The average molecular weight is 150 g/mol. The largest absolute Gasteiger partial charge is 0.381 e. The fourth-order valence-corrected chi connectivity index (χ4v) is 0.661. The smallest absolute Gasteiger partial charge is 0.160 e. The Hall–Kier alpha value is -1.22. The molecule has 0 aromatic carbocycles. The van der Waals surface area contributed by atoms with Gasteiger partial charge in [-0.25, -0.2) is 9.97 Å². The Bertz CT molecular complexity index is 243. The molecule has 0 amide bonds. The lowest BCUT2D eigenvalue weighted by molar-refractivity contribution is 0.218. The zero-order valence-corrected chi connectivity index (χ0v) is 6.36. The van der Waals surface area contributed by atoms with Crippen LogP contribution in [0.4, 0.5) is 0 Å². The van der Waals surface area contributed by atoms with Gasteiger partial charge in [0.1, 0.15) is 6.10 Å². The quantitative estimate of drug-likeness (QED) is 0.640. The van der Waals surface area contributed by atoms with Gasteiger partial charge in [0.15, 0.2) is 5.82 Å². The van der Waals surface area contributed by atoms with Crippen LogP contribution in [0.15, 0.2) is 25.0 Å². The van der Waals surface area contributed by atoms with Crippen LogP contribution < -0.4 is 0 Å². The van der Waals surface area contributed by atoms with Crippen LogP contribution in [0.1, 0.15) is 17.5 Å². The molecule has 0 unspecified atom stereocenters. The fraction of sp³-hybridized carbons (Fsp3) is 0.250. The van der Waals surface area contributed by atoms with Gasteiger partial charge in [0, 0.05) is 12.4 Å². The minimum atomic E-state index is -0.754. The van der Waals surface area contributed by atoms with Gasteiger partial charge in [0.2, 0.25) is 0 Å². The molecule has 0 radical (unpaired) electrons. The summed E-state index contributed by atoms with van der Waals surface area (Å²) in [6, 6.07) is 0. The molecule has 0 saturated heterocycles. The van der Waals surface area contributed by atoms with Crippen LogP contribution in [0.25, 0.3) is 0 Å². The molecule has 0 aliphatic heterocycles. The molecule has 0 bridgehead atoms. The molecule has 1 rings (SSSR count). The molecule has 0 fully saturated rings. The predicted molar refractivity (Wildman–Crippen MR) is 41.9 cm³/mol. The van der Waals surface area contributed by atoms with E-state index in [0.717, 1.165) is 5.56 Å². The molecule has 1 aromatic heterocycles. The van der Waals surface area contributed by atoms with Crippen molar-refractivity contribution in [2.45, 2.75) is 13.0 Å². The number of hydrogen-bond acceptors (Lipinski definition) is 3. The van der Waals surface area contributed by atoms with Gasteiger partial charge in [0.25, 0.3) is 0 Å². The molecule has 1 aromatic rings. The normalized spacial score (nSPS) is 12.5. The average Bonchev–Trinajstić information content (AvgIpc) is 2.05. The van der Waals surface area contributed by atoms with Crippen molar-refractivity contribution in [3.63, 3.8) is 0 Å². The van der Waals surface area contributed by atoms with Crippen LogP contribution in [0.2, 0.25) is 0 Å². The number of hydrogen-bond donors (Lipinski definition) is 1. The fourth-order valence-electron chi connectivity index (χ4n) is 0.661. The van der Waals surface area contributed by atoms with Crippen molar-refractivity contribution in [1.29, 1.82) is 0 Å². The molecule has 3 nitrogen and oxygen atoms in total. The highest BCUT2D eigenvalue weighted by Gasteiger charge is 2.03. The summed E-state index contributed by atoms with van der Waals surface area (Å²) >= 11 is 0. The summed E-state index contributed by atoms with van der Waals surface area (Å²) in [6.45, 7) is 5.32. The van der Waals surface area contributed by atoms with Crippen LogP contribution in [0.3, 0.4) is 0 Å². The SMILES string of the molecule is C=C[C@@H](O)c1ncc(C)cn1. The van der Waals surface area contributed by atoms with Crippen molar-refractivity contribution >= 4 is 0 Å². The predicted octanol–water partition coefficient (Wildman–Crippen LogP) is 1.00. The monoisotopic (exact) mass is 150 g/mol. The Kier molecular flexibility index (Phi) is 2.33. The third-order valence-electron chi connectivity index (χ3n) is 1.29. The summed E-state index contributed by atoms with van der Waals surface area (Å²) in [6.07, 6.45) is 3.96. The third-order valence-corrected chi connectivity index (χ3v) is 1.29. The second kappa shape index (κ2) is 3.25. The summed E-state index contributed by atoms with van der Waals surface area (Å²) in [5, 5.41) is 9.18. The summed E-state index contributed by atoms with van der Waals surface area (Å²) < 4.78 is 0. The number of nitrogens with zero attached hydrogens (tertiary/aromatic N) is 2. The highest BCUT2D eigenvalue weighted by Crippen LogP contribution is 2.06. The van der Waals surface area contributed by atoms with E-state index < -0.39 is 6.10 Å². The standard InChI is InChI=1S/C8H10N2O/c1-3-7(11)8-9-4-6(2)5-10-8/h3-5,7,11H,1H2,2H3/t7-/m1/s1. The molecule has 3 heteroatoms. The Morgan fingerprint density at radius 2 is 2.09 bits per heavy atom. The first-order valence-corrected chi connectivity index (χ1v) is 3.33. The van der Waals surface area contributed by atoms with Gasteiger partial charge in [0.05, 0.1) is 0 Å². The summed E-state index contributed by atoms with van der Waals surface area (Å²) in [5.74, 6) is 0.394. The molecule has 1 atom stereocenters. The van der Waals surface area contributed by atoms with Crippen molar-refractivity contribution in [2.24, 2.45) is 0 Å². The van der Waals surface area contributed by atoms with E-state index in [1.54, 1.807) is 12.4 Å². The summed E-state index contributed by atoms with van der Waals surface area (Å²) in [7, 11) is 0. The van der Waals surface area contributed by atoms with E-state index in [2.05, 4.69) is 16.5 Å². The molecule has 0 aliphatic rings. The second-order valence-corrected chi connectivity index (χ2v) is 2.30. The van der Waals surface area contributed by atoms with E-state index in [-0.39, 0.29) is 0 Å². The molecular weight excluding hydrogens is 140 g/mol. The van der Waals surface area contributed by atoms with Gasteiger partial charge < -0.3 is 5.11 Å². The summed E-state index contributed by atoms with van der Waals surface area (Å²) in [5.41, 5.74) is 0.977. The van der Waals surface area contributed by atoms with Crippen LogP contribution in [0.5, 0.6) is 0 Å². The molecule has 11 heavy (non-hydrogen) atoms. The number of aromatic nitrogens is 2. The van der Waals surface area contributed by atoms with E-state index in [1.807, 2.05) is 6.92 Å². The first-order valence-electron chi connectivity index (χ1n) is 3.33.